The lowest BCUT2D eigenvalue weighted by molar-refractivity contribution is 0.415. The van der Waals surface area contributed by atoms with E-state index < -0.39 is 0 Å². The van der Waals surface area contributed by atoms with Crippen LogP contribution in [-0.4, -0.2) is 21.9 Å². The monoisotopic (exact) mass is 338 g/mol. The summed E-state index contributed by atoms with van der Waals surface area (Å²) in [4.78, 5) is 4.69. The van der Waals surface area contributed by atoms with Crippen molar-refractivity contribution in [2.45, 2.75) is 31.2 Å². The molecule has 0 unspecified atom stereocenters. The number of hydrogen-bond acceptors (Lipinski definition) is 3. The largest absolute Gasteiger partial charge is 0.497 e. The second kappa shape index (κ2) is 7.14. The molecular formula is C20H22N2OS. The number of methoxy groups -OCH3 is 1. The molecule has 0 aliphatic heterocycles. The summed E-state index contributed by atoms with van der Waals surface area (Å²) in [6.45, 7) is 6.51. The van der Waals surface area contributed by atoms with E-state index in [1.54, 1.807) is 18.9 Å². The van der Waals surface area contributed by atoms with Crippen molar-refractivity contribution in [3.63, 3.8) is 0 Å². The Kier molecular flexibility index (Phi) is 4.95. The second-order valence-electron chi connectivity index (χ2n) is 5.94. The number of benzene rings is 2. The van der Waals surface area contributed by atoms with Gasteiger partial charge in [-0.1, -0.05) is 43.8 Å². The average molecular weight is 338 g/mol. The van der Waals surface area contributed by atoms with Crippen LogP contribution in [0.15, 0.2) is 59.9 Å². The van der Waals surface area contributed by atoms with Gasteiger partial charge < -0.3 is 4.74 Å². The highest BCUT2D eigenvalue weighted by Gasteiger charge is 2.16. The summed E-state index contributed by atoms with van der Waals surface area (Å²) in [5.74, 6) is 0.859. The van der Waals surface area contributed by atoms with E-state index in [4.69, 9.17) is 4.74 Å². The molecule has 124 valence electrons. The van der Waals surface area contributed by atoms with Gasteiger partial charge in [0.2, 0.25) is 0 Å². The van der Waals surface area contributed by atoms with Crippen LogP contribution in [0.5, 0.6) is 5.75 Å². The lowest BCUT2D eigenvalue weighted by Gasteiger charge is -2.15. The predicted octanol–water partition coefficient (Wildman–Crippen LogP) is 5.36. The van der Waals surface area contributed by atoms with Gasteiger partial charge in [0.15, 0.2) is 5.16 Å². The van der Waals surface area contributed by atoms with Crippen LogP contribution in [0.1, 0.15) is 19.4 Å². The summed E-state index contributed by atoms with van der Waals surface area (Å²) in [5, 5.41) is 1.49. The molecule has 0 atom stereocenters. The van der Waals surface area contributed by atoms with E-state index in [0.717, 1.165) is 22.2 Å². The first-order chi connectivity index (χ1) is 11.6. The molecule has 0 fully saturated rings. The molecule has 3 rings (SSSR count). The van der Waals surface area contributed by atoms with Crippen molar-refractivity contribution in [2.24, 2.45) is 0 Å². The van der Waals surface area contributed by atoms with E-state index in [0.29, 0.717) is 5.25 Å². The van der Waals surface area contributed by atoms with Crippen LogP contribution >= 0.6 is 11.8 Å². The van der Waals surface area contributed by atoms with Crippen molar-refractivity contribution in [3.05, 3.63) is 60.3 Å². The molecule has 4 heteroatoms. The van der Waals surface area contributed by atoms with E-state index >= 15 is 0 Å². The lowest BCUT2D eigenvalue weighted by Crippen LogP contribution is -2.03. The van der Waals surface area contributed by atoms with Crippen molar-refractivity contribution >= 4 is 11.8 Å². The molecule has 3 nitrogen and oxygen atoms in total. The second-order valence-corrected chi connectivity index (χ2v) is 7.49. The molecule has 1 heterocycles. The van der Waals surface area contributed by atoms with Crippen LogP contribution in [-0.2, 0) is 0 Å². The third-order valence-electron chi connectivity index (χ3n) is 3.81. The normalized spacial score (nSPS) is 11.0. The highest BCUT2D eigenvalue weighted by atomic mass is 32.2. The van der Waals surface area contributed by atoms with Gasteiger partial charge in [0, 0.05) is 10.8 Å². The van der Waals surface area contributed by atoms with E-state index in [1.165, 1.54) is 11.3 Å². The Morgan fingerprint density at radius 3 is 2.38 bits per heavy atom. The SMILES string of the molecule is COc1ccc(-c2cnc(SC(C)C)n2-c2ccccc2C)cc1. The minimum atomic E-state index is 0.471. The van der Waals surface area contributed by atoms with Crippen LogP contribution in [0.2, 0.25) is 0 Å². The summed E-state index contributed by atoms with van der Waals surface area (Å²) >= 11 is 1.78. The highest BCUT2D eigenvalue weighted by molar-refractivity contribution is 7.99. The van der Waals surface area contributed by atoms with Crippen molar-refractivity contribution in [1.82, 2.24) is 9.55 Å². The number of thioether (sulfide) groups is 1. The van der Waals surface area contributed by atoms with Crippen LogP contribution in [0.4, 0.5) is 0 Å². The van der Waals surface area contributed by atoms with Gasteiger partial charge in [-0.2, -0.15) is 0 Å². The molecule has 0 saturated heterocycles. The predicted molar refractivity (Wildman–Crippen MR) is 101 cm³/mol. The summed E-state index contributed by atoms with van der Waals surface area (Å²) in [6.07, 6.45) is 1.96. The minimum absolute atomic E-state index is 0.471. The topological polar surface area (TPSA) is 27.1 Å². The molecule has 0 saturated carbocycles. The molecule has 0 aliphatic rings. The van der Waals surface area contributed by atoms with E-state index in [2.05, 4.69) is 66.7 Å². The first-order valence-electron chi connectivity index (χ1n) is 8.05. The van der Waals surface area contributed by atoms with Gasteiger partial charge in [-0.25, -0.2) is 4.98 Å². The fourth-order valence-electron chi connectivity index (χ4n) is 2.64. The van der Waals surface area contributed by atoms with Gasteiger partial charge in [-0.05, 0) is 42.8 Å². The highest BCUT2D eigenvalue weighted by Crippen LogP contribution is 2.33. The van der Waals surface area contributed by atoms with Crippen LogP contribution in [0.3, 0.4) is 0 Å². The van der Waals surface area contributed by atoms with Crippen LogP contribution in [0, 0.1) is 6.92 Å². The van der Waals surface area contributed by atoms with Gasteiger partial charge in [-0.15, -0.1) is 0 Å². The maximum absolute atomic E-state index is 5.27. The van der Waals surface area contributed by atoms with Gasteiger partial charge in [0.1, 0.15) is 5.75 Å². The first kappa shape index (κ1) is 16.7. The Hall–Kier alpha value is -2.20. The van der Waals surface area contributed by atoms with Crippen molar-refractivity contribution in [2.75, 3.05) is 7.11 Å². The van der Waals surface area contributed by atoms with Crippen molar-refractivity contribution in [1.29, 1.82) is 0 Å². The zero-order valence-electron chi connectivity index (χ0n) is 14.5. The summed E-state index contributed by atoms with van der Waals surface area (Å²) in [7, 11) is 1.68. The Morgan fingerprint density at radius 1 is 1.04 bits per heavy atom. The van der Waals surface area contributed by atoms with Gasteiger partial charge >= 0.3 is 0 Å². The summed E-state index contributed by atoms with van der Waals surface area (Å²) < 4.78 is 7.52. The number of nitrogens with zero attached hydrogens (tertiary/aromatic N) is 2. The molecule has 0 bridgehead atoms. The molecular weight excluding hydrogens is 316 g/mol. The lowest BCUT2D eigenvalue weighted by atomic mass is 10.1. The van der Waals surface area contributed by atoms with Crippen LogP contribution < -0.4 is 4.74 Å². The Labute approximate surface area is 147 Å². The Morgan fingerprint density at radius 2 is 1.75 bits per heavy atom. The summed E-state index contributed by atoms with van der Waals surface area (Å²) in [6, 6.07) is 16.6. The third kappa shape index (κ3) is 3.34. The van der Waals surface area contributed by atoms with E-state index in [-0.39, 0.29) is 0 Å². The molecule has 0 radical (unpaired) electrons. The van der Waals surface area contributed by atoms with Gasteiger partial charge in [0.05, 0.1) is 24.7 Å². The van der Waals surface area contributed by atoms with E-state index in [1.807, 2.05) is 18.3 Å². The molecule has 0 amide bonds. The summed E-state index contributed by atoms with van der Waals surface area (Å²) in [5.41, 5.74) is 4.62. The fraction of sp³-hybridized carbons (Fsp3) is 0.250. The molecule has 2 aromatic carbocycles. The number of aryl methyl sites for hydroxylation is 1. The van der Waals surface area contributed by atoms with E-state index in [9.17, 15) is 0 Å². The number of ether oxygens (including phenoxy) is 1. The third-order valence-corrected chi connectivity index (χ3v) is 4.78. The number of imidazole rings is 1. The average Bonchev–Trinajstić information content (AvgIpc) is 2.98. The fourth-order valence-corrected chi connectivity index (χ4v) is 3.48. The zero-order valence-corrected chi connectivity index (χ0v) is 15.3. The smallest absolute Gasteiger partial charge is 0.173 e. The van der Waals surface area contributed by atoms with Gasteiger partial charge in [0.25, 0.3) is 0 Å². The number of aromatic nitrogens is 2. The maximum atomic E-state index is 5.27. The molecule has 0 spiro atoms. The maximum Gasteiger partial charge on any atom is 0.173 e. The van der Waals surface area contributed by atoms with Crippen LogP contribution in [0.25, 0.3) is 16.9 Å². The van der Waals surface area contributed by atoms with Crippen molar-refractivity contribution in [3.8, 4) is 22.7 Å². The quantitative estimate of drug-likeness (QED) is 0.586. The minimum Gasteiger partial charge on any atom is -0.497 e. The zero-order chi connectivity index (χ0) is 17.1. The number of rotatable bonds is 5. The number of para-hydroxylation sites is 1. The molecule has 3 aromatic rings. The number of hydrogen-bond donors (Lipinski definition) is 0. The molecule has 0 N–H and O–H groups in total. The molecule has 0 aliphatic carbocycles. The Bertz CT molecular complexity index is 822. The molecule has 24 heavy (non-hydrogen) atoms. The first-order valence-corrected chi connectivity index (χ1v) is 8.93. The Balaban J connectivity index is 2.15. The standard InChI is InChI=1S/C20H22N2OS/c1-14(2)24-20-21-13-19(16-9-11-17(23-4)12-10-16)22(20)18-8-6-5-7-15(18)3/h5-14H,1-4H3. The van der Waals surface area contributed by atoms with Crippen molar-refractivity contribution < 1.29 is 4.74 Å². The molecule has 1 aromatic heterocycles. The van der Waals surface area contributed by atoms with Gasteiger partial charge in [-0.3, -0.25) is 4.57 Å².